The van der Waals surface area contributed by atoms with E-state index in [4.69, 9.17) is 0 Å². The van der Waals surface area contributed by atoms with E-state index in [1.54, 1.807) is 24.3 Å². The molecule has 0 saturated carbocycles. The van der Waals surface area contributed by atoms with Gasteiger partial charge in [-0.1, -0.05) is 13.3 Å². The Morgan fingerprint density at radius 1 is 1.05 bits per heavy atom. The average molecular weight is 531 g/mol. The number of fused-ring (bicyclic) bond motifs is 1. The van der Waals surface area contributed by atoms with Crippen molar-refractivity contribution in [3.05, 3.63) is 35.4 Å². The summed E-state index contributed by atoms with van der Waals surface area (Å²) in [5.41, 5.74) is 2.72. The molecule has 1 aromatic heterocycles. The number of aromatic nitrogens is 1. The van der Waals surface area contributed by atoms with Crippen LogP contribution >= 0.6 is 0 Å². The molecular weight excluding hydrogens is 492 g/mol. The van der Waals surface area contributed by atoms with Gasteiger partial charge in [-0.25, -0.2) is 0 Å². The lowest BCUT2D eigenvalue weighted by Crippen LogP contribution is -2.34. The van der Waals surface area contributed by atoms with Gasteiger partial charge in [0.25, 0.3) is 11.8 Å². The molecule has 9 nitrogen and oxygen atoms in total. The van der Waals surface area contributed by atoms with Gasteiger partial charge < -0.3 is 24.0 Å². The largest absolute Gasteiger partial charge is 0.610 e. The molecule has 0 unspecified atom stereocenters. The van der Waals surface area contributed by atoms with Crippen LogP contribution in [0.1, 0.15) is 43.7 Å². The maximum atomic E-state index is 12.6. The van der Waals surface area contributed by atoms with Crippen molar-refractivity contribution >= 4 is 39.8 Å². The highest BCUT2D eigenvalue weighted by atomic mass is 32.2. The normalized spacial score (nSPS) is 14.4. The van der Waals surface area contributed by atoms with E-state index in [2.05, 4.69) is 4.90 Å². The Bertz CT molecular complexity index is 1170. The molecule has 2 heterocycles. The number of hydrogen-bond donors (Lipinski definition) is 1. The van der Waals surface area contributed by atoms with Crippen LogP contribution in [0.4, 0.5) is 0 Å². The smallest absolute Gasteiger partial charge is 0.253 e. The van der Waals surface area contributed by atoms with E-state index in [1.165, 1.54) is 17.1 Å². The molecule has 2 aromatic rings. The van der Waals surface area contributed by atoms with Crippen molar-refractivity contribution in [1.29, 1.82) is 0 Å². The summed E-state index contributed by atoms with van der Waals surface area (Å²) in [6.07, 6.45) is 7.57. The molecular formula is C27H38N4O5S. The number of phenols is 1. The highest BCUT2D eigenvalue weighted by Crippen LogP contribution is 2.35. The summed E-state index contributed by atoms with van der Waals surface area (Å²) in [6, 6.07) is 3.60. The molecule has 1 N–H and O–H groups in total. The summed E-state index contributed by atoms with van der Waals surface area (Å²) in [5.74, 6) is -0.284. The Kier molecular flexibility index (Phi) is 9.80. The Morgan fingerprint density at radius 2 is 1.73 bits per heavy atom. The molecule has 1 aliphatic rings. The van der Waals surface area contributed by atoms with Crippen LogP contribution in [0.2, 0.25) is 0 Å². The summed E-state index contributed by atoms with van der Waals surface area (Å²) in [4.78, 5) is 40.7. The van der Waals surface area contributed by atoms with Gasteiger partial charge in [-0.05, 0) is 38.4 Å². The van der Waals surface area contributed by atoms with Crippen LogP contribution in [0.25, 0.3) is 10.9 Å². The summed E-state index contributed by atoms with van der Waals surface area (Å²) < 4.78 is 14.4. The van der Waals surface area contributed by atoms with E-state index in [1.807, 2.05) is 31.7 Å². The molecule has 0 aliphatic carbocycles. The standard InChI is InChI=1S/C27H38N4O5S/c1-6-19-20-11-12-22(32)21(26(20)30(4)27(19)37(5)36)18-28(2)16-17-29(3)23(33)10-8-7-9-15-31-24(34)13-14-25(31)35/h11-14,32H,6-10,15-18H2,1-5H3/t37-/m1/s1. The molecule has 10 heteroatoms. The maximum Gasteiger partial charge on any atom is 0.253 e. The molecule has 202 valence electrons. The van der Waals surface area contributed by atoms with Gasteiger partial charge in [0.1, 0.15) is 12.0 Å². The molecule has 1 aliphatic heterocycles. The first-order chi connectivity index (χ1) is 17.6. The number of aryl methyl sites for hydroxylation is 2. The zero-order valence-corrected chi connectivity index (χ0v) is 23.3. The SMILES string of the molecule is CCc1c([S@@+](C)[O-])n(C)c2c(CN(C)CCN(C)C(=O)CCCCCN3C(=O)C=CC3=O)c(O)ccc12. The number of carbonyl (C=O) groups is 3. The zero-order valence-electron chi connectivity index (χ0n) is 22.5. The summed E-state index contributed by atoms with van der Waals surface area (Å²) in [7, 11) is 5.63. The number of likely N-dealkylation sites (N-methyl/N-ethyl adjacent to an activating group) is 2. The average Bonchev–Trinajstić information content (AvgIpc) is 3.34. The number of hydrogen-bond acceptors (Lipinski definition) is 6. The van der Waals surface area contributed by atoms with Gasteiger partial charge in [-0.2, -0.15) is 0 Å². The third-order valence-electron chi connectivity index (χ3n) is 6.95. The minimum Gasteiger partial charge on any atom is -0.610 e. The minimum atomic E-state index is -1.15. The van der Waals surface area contributed by atoms with Gasteiger partial charge in [0, 0.05) is 86.5 Å². The van der Waals surface area contributed by atoms with Crippen molar-refractivity contribution in [2.24, 2.45) is 7.05 Å². The van der Waals surface area contributed by atoms with Gasteiger partial charge in [0.15, 0.2) is 0 Å². The van der Waals surface area contributed by atoms with Crippen molar-refractivity contribution in [1.82, 2.24) is 19.3 Å². The lowest BCUT2D eigenvalue weighted by atomic mass is 10.1. The molecule has 37 heavy (non-hydrogen) atoms. The number of nitrogens with zero attached hydrogens (tertiary/aromatic N) is 4. The van der Waals surface area contributed by atoms with E-state index in [9.17, 15) is 24.0 Å². The first-order valence-electron chi connectivity index (χ1n) is 12.7. The minimum absolute atomic E-state index is 0.0541. The summed E-state index contributed by atoms with van der Waals surface area (Å²) >= 11 is -1.15. The van der Waals surface area contributed by atoms with Crippen LogP contribution in [-0.4, -0.2) is 86.6 Å². The van der Waals surface area contributed by atoms with Gasteiger partial charge in [-0.3, -0.25) is 19.3 Å². The van der Waals surface area contributed by atoms with Crippen molar-refractivity contribution in [2.75, 3.05) is 40.0 Å². The number of carbonyl (C=O) groups excluding carboxylic acids is 3. The number of aromatic hydroxyl groups is 1. The van der Waals surface area contributed by atoms with Crippen LogP contribution in [0.3, 0.4) is 0 Å². The van der Waals surface area contributed by atoms with Crippen LogP contribution < -0.4 is 0 Å². The fourth-order valence-corrected chi connectivity index (χ4v) is 5.97. The number of imide groups is 1. The van der Waals surface area contributed by atoms with Crippen LogP contribution in [0.15, 0.2) is 29.3 Å². The third kappa shape index (κ3) is 6.55. The van der Waals surface area contributed by atoms with E-state index in [-0.39, 0.29) is 23.5 Å². The molecule has 0 spiro atoms. The van der Waals surface area contributed by atoms with E-state index >= 15 is 0 Å². The maximum absolute atomic E-state index is 12.6. The Balaban J connectivity index is 1.50. The Hall–Kier alpha value is -2.82. The number of rotatable bonds is 13. The van der Waals surface area contributed by atoms with Gasteiger partial charge in [0.2, 0.25) is 10.9 Å². The first-order valence-corrected chi connectivity index (χ1v) is 14.2. The molecule has 0 bridgehead atoms. The summed E-state index contributed by atoms with van der Waals surface area (Å²) in [5, 5.41) is 12.5. The fourth-order valence-electron chi connectivity index (χ4n) is 4.90. The van der Waals surface area contributed by atoms with Crippen molar-refractivity contribution < 1.29 is 24.0 Å². The lowest BCUT2D eigenvalue weighted by Gasteiger charge is -2.23. The third-order valence-corrected chi connectivity index (χ3v) is 8.02. The zero-order chi connectivity index (χ0) is 27.3. The van der Waals surface area contributed by atoms with Gasteiger partial charge in [-0.15, -0.1) is 0 Å². The quantitative estimate of drug-likeness (QED) is 0.242. The molecule has 3 amide bonds. The molecule has 1 atom stereocenters. The second-order valence-electron chi connectivity index (χ2n) is 9.63. The molecule has 3 rings (SSSR count). The lowest BCUT2D eigenvalue weighted by molar-refractivity contribution is -0.137. The number of unbranched alkanes of at least 4 members (excludes halogenated alkanes) is 2. The van der Waals surface area contributed by atoms with Gasteiger partial charge in [0.05, 0.1) is 5.52 Å². The second kappa shape index (κ2) is 12.6. The monoisotopic (exact) mass is 530 g/mol. The first kappa shape index (κ1) is 28.7. The van der Waals surface area contributed by atoms with Crippen LogP contribution in [-0.2, 0) is 45.6 Å². The van der Waals surface area contributed by atoms with Gasteiger partial charge >= 0.3 is 0 Å². The molecule has 1 aromatic carbocycles. The molecule has 0 fully saturated rings. The van der Waals surface area contributed by atoms with Crippen LogP contribution in [0, 0.1) is 0 Å². The van der Waals surface area contributed by atoms with E-state index < -0.39 is 11.2 Å². The second-order valence-corrected chi connectivity index (χ2v) is 10.9. The number of benzene rings is 1. The van der Waals surface area contributed by atoms with Crippen molar-refractivity contribution in [3.63, 3.8) is 0 Å². The Labute approximate surface area is 221 Å². The van der Waals surface area contributed by atoms with Crippen molar-refractivity contribution in [3.8, 4) is 5.75 Å². The predicted molar refractivity (Wildman–Crippen MR) is 145 cm³/mol. The van der Waals surface area contributed by atoms with E-state index in [0.29, 0.717) is 45.4 Å². The van der Waals surface area contributed by atoms with E-state index in [0.717, 1.165) is 39.9 Å². The van der Waals surface area contributed by atoms with Crippen LogP contribution in [0.5, 0.6) is 5.75 Å². The molecule has 0 radical (unpaired) electrons. The number of phenolic OH excluding ortho intramolecular Hbond substituents is 1. The Morgan fingerprint density at radius 3 is 2.35 bits per heavy atom. The highest BCUT2D eigenvalue weighted by Gasteiger charge is 2.25. The number of amides is 3. The topological polar surface area (TPSA) is 109 Å². The van der Waals surface area contributed by atoms with Crippen molar-refractivity contribution in [2.45, 2.75) is 50.6 Å². The predicted octanol–water partition coefficient (Wildman–Crippen LogP) is 2.56. The molecule has 0 saturated heterocycles. The summed E-state index contributed by atoms with van der Waals surface area (Å²) in [6.45, 7) is 4.10. The highest BCUT2D eigenvalue weighted by molar-refractivity contribution is 7.90. The fraction of sp³-hybridized carbons (Fsp3) is 0.519.